The van der Waals surface area contributed by atoms with Crippen LogP contribution in [0.2, 0.25) is 0 Å². The molecule has 72 valence electrons. The number of rotatable bonds is 2. The summed E-state index contributed by atoms with van der Waals surface area (Å²) in [5.74, 6) is 2.05. The molecule has 0 aliphatic heterocycles. The van der Waals surface area contributed by atoms with Crippen molar-refractivity contribution >= 4 is 22.6 Å². The lowest BCUT2D eigenvalue weighted by molar-refractivity contribution is 0.00108. The van der Waals surface area contributed by atoms with Crippen LogP contribution in [0.3, 0.4) is 0 Å². The summed E-state index contributed by atoms with van der Waals surface area (Å²) in [4.78, 5) is 0. The summed E-state index contributed by atoms with van der Waals surface area (Å²) < 4.78 is 1.19. The maximum Gasteiger partial charge on any atom is 0.0622 e. The van der Waals surface area contributed by atoms with E-state index in [-0.39, 0.29) is 0 Å². The SMILES string of the molecule is CC1CCC(C(C)(C)O)C1CI. The van der Waals surface area contributed by atoms with Gasteiger partial charge >= 0.3 is 0 Å². The van der Waals surface area contributed by atoms with E-state index in [9.17, 15) is 5.11 Å². The first kappa shape index (κ1) is 10.8. The van der Waals surface area contributed by atoms with Gasteiger partial charge in [-0.25, -0.2) is 0 Å². The summed E-state index contributed by atoms with van der Waals surface area (Å²) in [5.41, 5.74) is -0.472. The molecule has 1 fully saturated rings. The standard InChI is InChI=1S/C10H19IO/c1-7-4-5-9(8(7)6-11)10(2,3)12/h7-9,12H,4-6H2,1-3H3. The summed E-state index contributed by atoms with van der Waals surface area (Å²) in [6, 6.07) is 0. The Morgan fingerprint density at radius 1 is 1.42 bits per heavy atom. The second kappa shape index (κ2) is 3.82. The molecule has 0 heterocycles. The zero-order valence-electron chi connectivity index (χ0n) is 8.18. The van der Waals surface area contributed by atoms with Gasteiger partial charge in [0.1, 0.15) is 0 Å². The Morgan fingerprint density at radius 2 is 2.00 bits per heavy atom. The molecule has 0 aromatic rings. The van der Waals surface area contributed by atoms with Gasteiger partial charge in [0.2, 0.25) is 0 Å². The minimum Gasteiger partial charge on any atom is -0.390 e. The second-order valence-corrected chi connectivity index (χ2v) is 5.51. The zero-order chi connectivity index (χ0) is 9.35. The first-order chi connectivity index (χ1) is 5.46. The van der Waals surface area contributed by atoms with E-state index in [1.807, 2.05) is 13.8 Å². The Balaban J connectivity index is 2.67. The van der Waals surface area contributed by atoms with E-state index in [4.69, 9.17) is 0 Å². The van der Waals surface area contributed by atoms with E-state index < -0.39 is 5.60 Å². The van der Waals surface area contributed by atoms with E-state index in [1.54, 1.807) is 0 Å². The molecule has 0 spiro atoms. The van der Waals surface area contributed by atoms with Gasteiger partial charge in [-0.05, 0) is 38.0 Å². The summed E-state index contributed by atoms with van der Waals surface area (Å²) in [5, 5.41) is 9.93. The highest BCUT2D eigenvalue weighted by Gasteiger charge is 2.40. The van der Waals surface area contributed by atoms with Crippen molar-refractivity contribution in [3.05, 3.63) is 0 Å². The van der Waals surface area contributed by atoms with Crippen molar-refractivity contribution < 1.29 is 5.11 Å². The molecule has 1 saturated carbocycles. The lowest BCUT2D eigenvalue weighted by atomic mass is 9.81. The van der Waals surface area contributed by atoms with Crippen molar-refractivity contribution in [3.63, 3.8) is 0 Å². The van der Waals surface area contributed by atoms with Crippen LogP contribution in [0.1, 0.15) is 33.6 Å². The summed E-state index contributed by atoms with van der Waals surface area (Å²) in [6.07, 6.45) is 2.50. The molecule has 0 radical (unpaired) electrons. The molecule has 1 N–H and O–H groups in total. The Bertz CT molecular complexity index is 150. The fraction of sp³-hybridized carbons (Fsp3) is 1.00. The summed E-state index contributed by atoms with van der Waals surface area (Å²) in [7, 11) is 0. The van der Waals surface area contributed by atoms with Crippen LogP contribution in [0.25, 0.3) is 0 Å². The molecule has 0 bridgehead atoms. The second-order valence-electron chi connectivity index (χ2n) is 4.63. The highest BCUT2D eigenvalue weighted by molar-refractivity contribution is 14.1. The number of hydrogen-bond acceptors (Lipinski definition) is 1. The van der Waals surface area contributed by atoms with E-state index in [2.05, 4.69) is 29.5 Å². The molecule has 12 heavy (non-hydrogen) atoms. The Hall–Kier alpha value is 0.690. The predicted octanol–water partition coefficient (Wildman–Crippen LogP) is 2.85. The average Bonchev–Trinajstić information content (AvgIpc) is 2.29. The van der Waals surface area contributed by atoms with Crippen molar-refractivity contribution in [2.45, 2.75) is 39.2 Å². The Morgan fingerprint density at radius 3 is 2.33 bits per heavy atom. The number of halogens is 1. The van der Waals surface area contributed by atoms with E-state index >= 15 is 0 Å². The molecule has 3 atom stereocenters. The molecule has 1 rings (SSSR count). The first-order valence-corrected chi connectivity index (χ1v) is 6.27. The molecule has 0 saturated heterocycles. The van der Waals surface area contributed by atoms with Crippen LogP contribution >= 0.6 is 22.6 Å². The molecule has 0 amide bonds. The monoisotopic (exact) mass is 282 g/mol. The van der Waals surface area contributed by atoms with Gasteiger partial charge in [-0.15, -0.1) is 0 Å². The normalized spacial score (nSPS) is 37.2. The quantitative estimate of drug-likeness (QED) is 0.610. The molecule has 1 aliphatic carbocycles. The van der Waals surface area contributed by atoms with Crippen LogP contribution in [0.5, 0.6) is 0 Å². The van der Waals surface area contributed by atoms with E-state index in [0.29, 0.717) is 5.92 Å². The van der Waals surface area contributed by atoms with Crippen molar-refractivity contribution in [1.29, 1.82) is 0 Å². The maximum absolute atomic E-state index is 9.93. The number of hydrogen-bond donors (Lipinski definition) is 1. The van der Waals surface area contributed by atoms with Gasteiger partial charge in [-0.2, -0.15) is 0 Å². The largest absolute Gasteiger partial charge is 0.390 e. The van der Waals surface area contributed by atoms with Crippen LogP contribution < -0.4 is 0 Å². The zero-order valence-corrected chi connectivity index (χ0v) is 10.3. The van der Waals surface area contributed by atoms with Crippen molar-refractivity contribution in [2.75, 3.05) is 4.43 Å². The van der Waals surface area contributed by atoms with Crippen LogP contribution in [-0.2, 0) is 0 Å². The minimum absolute atomic E-state index is 0.472. The van der Waals surface area contributed by atoms with Gasteiger partial charge in [-0.1, -0.05) is 35.9 Å². The lowest BCUT2D eigenvalue weighted by Crippen LogP contribution is -2.35. The molecule has 2 heteroatoms. The number of alkyl halides is 1. The molecule has 0 aromatic carbocycles. The van der Waals surface area contributed by atoms with Gasteiger partial charge in [0.25, 0.3) is 0 Å². The topological polar surface area (TPSA) is 20.2 Å². The third kappa shape index (κ3) is 2.13. The van der Waals surface area contributed by atoms with Crippen LogP contribution in [0, 0.1) is 17.8 Å². The van der Waals surface area contributed by atoms with Crippen molar-refractivity contribution in [3.8, 4) is 0 Å². The first-order valence-electron chi connectivity index (χ1n) is 4.75. The van der Waals surface area contributed by atoms with E-state index in [1.165, 1.54) is 17.3 Å². The molecule has 1 aliphatic rings. The van der Waals surface area contributed by atoms with Crippen LogP contribution in [0.15, 0.2) is 0 Å². The highest BCUT2D eigenvalue weighted by Crippen LogP contribution is 2.43. The van der Waals surface area contributed by atoms with Gasteiger partial charge in [-0.3, -0.25) is 0 Å². The third-order valence-corrected chi connectivity index (χ3v) is 4.28. The number of aliphatic hydroxyl groups is 1. The molecule has 0 aromatic heterocycles. The van der Waals surface area contributed by atoms with Gasteiger partial charge < -0.3 is 5.11 Å². The fourth-order valence-electron chi connectivity index (χ4n) is 2.40. The maximum atomic E-state index is 9.93. The highest BCUT2D eigenvalue weighted by atomic mass is 127. The third-order valence-electron chi connectivity index (χ3n) is 3.27. The summed E-state index contributed by atoms with van der Waals surface area (Å²) >= 11 is 2.45. The molecule has 1 nitrogen and oxygen atoms in total. The van der Waals surface area contributed by atoms with Gasteiger partial charge in [0.05, 0.1) is 5.60 Å². The van der Waals surface area contributed by atoms with Crippen molar-refractivity contribution in [2.24, 2.45) is 17.8 Å². The minimum atomic E-state index is -0.472. The molecular formula is C10H19IO. The summed E-state index contributed by atoms with van der Waals surface area (Å²) in [6.45, 7) is 6.22. The van der Waals surface area contributed by atoms with Crippen molar-refractivity contribution in [1.82, 2.24) is 0 Å². The predicted molar refractivity (Wildman–Crippen MR) is 60.6 cm³/mol. The average molecular weight is 282 g/mol. The van der Waals surface area contributed by atoms with E-state index in [0.717, 1.165) is 11.8 Å². The molecule has 3 unspecified atom stereocenters. The Labute approximate surface area is 89.1 Å². The lowest BCUT2D eigenvalue weighted by Gasteiger charge is -2.31. The molecular weight excluding hydrogens is 263 g/mol. The van der Waals surface area contributed by atoms with Crippen LogP contribution in [0.4, 0.5) is 0 Å². The van der Waals surface area contributed by atoms with Crippen LogP contribution in [-0.4, -0.2) is 15.1 Å². The smallest absolute Gasteiger partial charge is 0.0622 e. The van der Waals surface area contributed by atoms with Gasteiger partial charge in [0.15, 0.2) is 0 Å². The van der Waals surface area contributed by atoms with Gasteiger partial charge in [0, 0.05) is 4.43 Å². The Kier molecular flexibility index (Phi) is 3.43. The fourth-order valence-corrected chi connectivity index (χ4v) is 3.89.